The smallest absolute Gasteiger partial charge is 0.451 e. The maximum Gasteiger partial charge on any atom is 0.451 e. The Morgan fingerprint density at radius 2 is 0.571 bits per heavy atom. The van der Waals surface area contributed by atoms with Gasteiger partial charge in [-0.15, -0.1) is 0 Å². The second-order valence-corrected chi connectivity index (χ2v) is 43.1. The molecular formula is C60H130B6N18O36S6. The third-order valence-corrected chi connectivity index (χ3v) is 31.4. The van der Waals surface area contributed by atoms with Gasteiger partial charge in [0.25, 0.3) is 61.3 Å². The minimum Gasteiger partial charge on any atom is -0.480 e. The van der Waals surface area contributed by atoms with Crippen LogP contribution in [-0.2, 0) is 90.0 Å². The van der Waals surface area contributed by atoms with Crippen LogP contribution in [0.15, 0.2) is 0 Å². The fraction of sp³-hybridized carbons (Fsp3) is 0.900. The second kappa shape index (κ2) is 50.2. The number of nitrogens with zero attached hydrogens (tertiary/aromatic N) is 6. The Bertz CT molecular complexity index is 4160. The number of nitrogens with one attached hydrogen (secondary N) is 5. The molecule has 0 amide bonds. The van der Waals surface area contributed by atoms with Gasteiger partial charge in [0.2, 0.25) is 0 Å². The summed E-state index contributed by atoms with van der Waals surface area (Å²) < 4.78 is 161. The average molecular weight is 1940 g/mol. The zero-order valence-electron chi connectivity index (χ0n) is 70.9. The molecule has 0 aromatic rings. The van der Waals surface area contributed by atoms with Crippen LogP contribution in [0.5, 0.6) is 0 Å². The fourth-order valence-electron chi connectivity index (χ4n) is 14.9. The van der Waals surface area contributed by atoms with Gasteiger partial charge < -0.3 is 125 Å². The topological polar surface area (TPSA) is 933 Å². The zero-order valence-corrected chi connectivity index (χ0v) is 75.8. The van der Waals surface area contributed by atoms with E-state index in [2.05, 4.69) is 23.6 Å². The molecule has 54 nitrogen and oxygen atoms in total. The number of carboxylic acid groups (broad SMARTS) is 6. The minimum absolute atomic E-state index is 0.000340. The van der Waals surface area contributed by atoms with Gasteiger partial charge in [0, 0.05) is 146 Å². The van der Waals surface area contributed by atoms with Crippen molar-refractivity contribution in [1.82, 2.24) is 49.4 Å². The number of carbonyl (C=O) groups is 6. The van der Waals surface area contributed by atoms with Crippen molar-refractivity contribution in [3.05, 3.63) is 0 Å². The molecule has 66 heteroatoms. The van der Waals surface area contributed by atoms with Gasteiger partial charge in [-0.25, -0.2) is 19.3 Å². The molecule has 6 heterocycles. The molecule has 1 aliphatic carbocycles. The summed E-state index contributed by atoms with van der Waals surface area (Å²) in [4.78, 5) is 68.3. The van der Waals surface area contributed by atoms with Gasteiger partial charge in [0.15, 0.2) is 0 Å². The predicted molar refractivity (Wildman–Crippen MR) is 456 cm³/mol. The lowest BCUT2D eigenvalue weighted by atomic mass is 9.78. The van der Waals surface area contributed by atoms with E-state index in [1.807, 2.05) is 6.92 Å². The quantitative estimate of drug-likeness (QED) is 0.0252. The van der Waals surface area contributed by atoms with E-state index in [4.69, 9.17) is 105 Å². The molecule has 7 fully saturated rings. The van der Waals surface area contributed by atoms with Gasteiger partial charge in [-0.3, -0.25) is 28.8 Å². The van der Waals surface area contributed by atoms with Gasteiger partial charge in [0.1, 0.15) is 33.2 Å². The van der Waals surface area contributed by atoms with E-state index in [1.54, 1.807) is 20.8 Å². The Balaban J connectivity index is 0.000000512. The number of nitrogens with two attached hydrogens (primary N) is 7. The van der Waals surface area contributed by atoms with Crippen LogP contribution in [0.2, 0.25) is 37.9 Å². The molecule has 126 heavy (non-hydrogen) atoms. The molecule has 0 spiro atoms. The predicted octanol–water partition coefficient (Wildman–Crippen LogP) is -13.3. The van der Waals surface area contributed by atoms with Crippen molar-refractivity contribution >= 4 is 140 Å². The van der Waals surface area contributed by atoms with Crippen molar-refractivity contribution in [2.45, 2.75) is 207 Å². The van der Waals surface area contributed by atoms with E-state index in [9.17, 15) is 105 Å². The Labute approximate surface area is 736 Å². The summed E-state index contributed by atoms with van der Waals surface area (Å²) in [6, 6.07) is -0.379. The molecule has 0 radical (unpaired) electrons. The first kappa shape index (κ1) is 118. The molecule has 7 rings (SSSR count). The van der Waals surface area contributed by atoms with Crippen molar-refractivity contribution in [3.8, 4) is 0 Å². The van der Waals surface area contributed by atoms with Crippen molar-refractivity contribution in [2.24, 2.45) is 75.0 Å². The lowest BCUT2D eigenvalue weighted by Gasteiger charge is -2.25. The molecule has 0 aromatic heterocycles. The monoisotopic (exact) mass is 1940 g/mol. The third kappa shape index (κ3) is 35.3. The summed E-state index contributed by atoms with van der Waals surface area (Å²) in [5.41, 5.74) is 25.3. The summed E-state index contributed by atoms with van der Waals surface area (Å²) in [5, 5.41) is 166. The van der Waals surface area contributed by atoms with Crippen molar-refractivity contribution in [1.29, 1.82) is 0 Å². The maximum atomic E-state index is 12.2. The maximum absolute atomic E-state index is 12.2. The van der Waals surface area contributed by atoms with Crippen LogP contribution in [0.3, 0.4) is 0 Å². The molecule has 0 aromatic carbocycles. The van der Waals surface area contributed by atoms with Crippen LogP contribution in [-0.4, -0.2) is 390 Å². The lowest BCUT2D eigenvalue weighted by molar-refractivity contribution is -0.145. The summed E-state index contributed by atoms with van der Waals surface area (Å²) >= 11 is 0. The second-order valence-electron chi connectivity index (χ2n) is 32.8. The molecule has 6 saturated heterocycles. The van der Waals surface area contributed by atoms with E-state index in [-0.39, 0.29) is 148 Å². The fourth-order valence-corrected chi connectivity index (χ4v) is 22.5. The minimum atomic E-state index is -3.99. The van der Waals surface area contributed by atoms with Crippen LogP contribution >= 0.6 is 0 Å². The van der Waals surface area contributed by atoms with Gasteiger partial charge in [-0.05, 0) is 110 Å². The first-order valence-corrected chi connectivity index (χ1v) is 49.1. The highest BCUT2D eigenvalue weighted by Gasteiger charge is 2.58. The highest BCUT2D eigenvalue weighted by atomic mass is 32.2. The average Bonchev–Trinajstić information content (AvgIpc) is 1.66. The molecule has 1 saturated carbocycles. The molecule has 37 N–H and O–H groups in total. The normalized spacial score (nSPS) is 27.6. The Hall–Kier alpha value is -4.29. The largest absolute Gasteiger partial charge is 0.480 e. The summed E-state index contributed by atoms with van der Waals surface area (Å²) in [5.74, 6) is -11.1. The third-order valence-electron chi connectivity index (χ3n) is 22.5. The lowest BCUT2D eigenvalue weighted by Crippen LogP contribution is -2.55. The number of rotatable bonds is 46. The van der Waals surface area contributed by atoms with Gasteiger partial charge >= 0.3 is 78.5 Å². The SMILES string of the molecule is CC(C)NS(=O)(=O)N1C[C@H](CCCB(O)O)[C@](N)(C(=O)O)C1.CCCNS(=O)(=O)N1C[C@H](CCCB(O)O)[C@](N)(C(=O)O)C1.CCNS(=O)(=O)N1C[C@H](CCCB(O)O)[C@](N)(C(=O)O)C1.CNS(=O)(=O)N1C[C@H](CCCB(O)O)[C@](N)(C(=O)O)C1.N[C@@]1(C(=O)O)CN(S(=O)(=O)NC2CC2)C[C@@H]1CCCB(O)O.N[C@@]1(C(=O)O)CN(S(N)(=O)=O)C[C@@H]1CCCB(O)O. The Morgan fingerprint density at radius 1 is 0.357 bits per heavy atom. The van der Waals surface area contributed by atoms with Crippen LogP contribution in [0.4, 0.5) is 0 Å². The molecule has 0 bridgehead atoms. The van der Waals surface area contributed by atoms with E-state index in [1.165, 1.54) is 7.05 Å². The van der Waals surface area contributed by atoms with Gasteiger partial charge in [0.05, 0.1) is 0 Å². The van der Waals surface area contributed by atoms with E-state index < -0.39 is 209 Å². The summed E-state index contributed by atoms with van der Waals surface area (Å²) in [6.07, 6.45) is 6.61. The van der Waals surface area contributed by atoms with Crippen LogP contribution in [0, 0.1) is 35.5 Å². The number of carboxylic acids is 6. The van der Waals surface area contributed by atoms with Gasteiger partial charge in [-0.1, -0.05) is 52.4 Å². The molecule has 7 aliphatic rings. The van der Waals surface area contributed by atoms with Crippen LogP contribution in [0.25, 0.3) is 0 Å². The Kier molecular flexibility index (Phi) is 46.9. The Morgan fingerprint density at radius 3 is 0.770 bits per heavy atom. The van der Waals surface area contributed by atoms with Crippen LogP contribution < -0.4 is 63.2 Å². The van der Waals surface area contributed by atoms with Gasteiger partial charge in [-0.2, -0.15) is 85.8 Å². The zero-order chi connectivity index (χ0) is 97.3. The van der Waals surface area contributed by atoms with E-state index in [0.29, 0.717) is 77.0 Å². The van der Waals surface area contributed by atoms with Crippen molar-refractivity contribution < 1.29 is 170 Å². The molecule has 0 unspecified atom stereocenters. The number of hydrogen-bond donors (Lipinski definition) is 30. The number of hydrogen-bond acceptors (Lipinski definition) is 36. The first-order chi connectivity index (χ1) is 57.6. The highest BCUT2D eigenvalue weighted by Crippen LogP contribution is 2.38. The summed E-state index contributed by atoms with van der Waals surface area (Å²) in [6.45, 7) is 5.30. The first-order valence-electron chi connectivity index (χ1n) is 40.4. The molecule has 6 aliphatic heterocycles. The molecular weight excluding hydrogens is 1810 g/mol. The highest BCUT2D eigenvalue weighted by molar-refractivity contribution is 7.88. The van der Waals surface area contributed by atoms with E-state index in [0.717, 1.165) is 38.7 Å². The summed E-state index contributed by atoms with van der Waals surface area (Å²) in [7, 11) is -30.3. The van der Waals surface area contributed by atoms with Crippen molar-refractivity contribution in [3.63, 3.8) is 0 Å². The van der Waals surface area contributed by atoms with Crippen molar-refractivity contribution in [2.75, 3.05) is 98.7 Å². The molecule has 12 atom stereocenters. The molecule has 730 valence electrons. The van der Waals surface area contributed by atoms with E-state index >= 15 is 0 Å². The standard InChI is InChI=1S/C11H22BN3O6S.2C11H24BN3O6S.C10H22BN3O6S.C9H20BN3O6S.C8H18BN3O6S/c13-11(10(16)17)7-15(22(20,21)14-9-3-4-9)6-8(11)2-1-5-12(18)19;1-8(2)14-22(20,21)15-6-9(4-3-5-12(18)19)11(13,7-15)10(16)17;1-2-6-14-22(20,21)15-7-9(4-3-5-12(18)19)11(13,8-15)10(16)17;1-2-13-21(19,20)14-6-8(4-3-5-11(17)18)10(12,7-14)9(15)16;1-12-20(18,19)13-5-7(3-2-4-10(16)17)9(11,6-13)8(14)15;10-8(7(13)14)5-12(19(11,17)18)4-6(8)2-1-3-9(15)16/h8-9,14,18-19H,1-7,13H2,(H,16,17);8-9,14,18-19H,3-7,13H2,1-2H3,(H,16,17);9,14,18-19H,2-8,13H2,1H3,(H,16,17);8,13,17-18H,2-7,12H2,1H3,(H,15,16);7,12,16-17H,2-6,11H2,1H3,(H,14,15);6,15-16H,1-5,10H2,(H,13,14)(H2,11,17,18)/t8-,11-;2*9-,11-;8-,10-;7-,9-;6-,8-/m000000/s1. The van der Waals surface area contributed by atoms with Crippen LogP contribution in [0.1, 0.15) is 124 Å². The number of aliphatic carboxylic acids is 6.